The van der Waals surface area contributed by atoms with E-state index in [9.17, 15) is 24.5 Å². The standard InChI is InChI=1S/C22H24N2O6/c1-13-11-19(16(4)15(3)14(13)2)20(25)12-30-21(26)9-10-23-22(27)17-5-7-18(8-6-17)24(28)29/h5-8,11H,9-10,12H2,1-4H3,(H,23,27). The predicted molar refractivity (Wildman–Crippen MR) is 111 cm³/mol. The third-order valence-corrected chi connectivity index (χ3v) is 5.10. The SMILES string of the molecule is Cc1cc(C(=O)COC(=O)CCNC(=O)c2ccc([N+](=O)[O-])cc2)c(C)c(C)c1C. The molecule has 30 heavy (non-hydrogen) atoms. The second-order valence-corrected chi connectivity index (χ2v) is 7.01. The molecule has 1 N–H and O–H groups in total. The van der Waals surface area contributed by atoms with Gasteiger partial charge in [-0.05, 0) is 68.1 Å². The van der Waals surface area contributed by atoms with Crippen LogP contribution in [0.3, 0.4) is 0 Å². The molecule has 0 fully saturated rings. The Morgan fingerprint density at radius 3 is 2.23 bits per heavy atom. The number of carbonyl (C=O) groups excluding carboxylic acids is 3. The molecule has 1 amide bonds. The zero-order valence-electron chi connectivity index (χ0n) is 17.4. The Hall–Kier alpha value is -3.55. The molecular formula is C22H24N2O6. The summed E-state index contributed by atoms with van der Waals surface area (Å²) < 4.78 is 5.04. The number of Topliss-reactive ketones (excluding diaryl/α,β-unsaturated/α-hetero) is 1. The fourth-order valence-corrected chi connectivity index (χ4v) is 2.91. The molecule has 2 rings (SSSR count). The number of nitro benzene ring substituents is 1. The highest BCUT2D eigenvalue weighted by Gasteiger charge is 2.16. The Morgan fingerprint density at radius 1 is 1.00 bits per heavy atom. The normalized spacial score (nSPS) is 10.4. The van der Waals surface area contributed by atoms with E-state index in [0.717, 1.165) is 22.3 Å². The van der Waals surface area contributed by atoms with Gasteiger partial charge in [-0.25, -0.2) is 0 Å². The quantitative estimate of drug-likeness (QED) is 0.308. The van der Waals surface area contributed by atoms with Crippen molar-refractivity contribution in [3.8, 4) is 0 Å². The Kier molecular flexibility index (Phi) is 7.41. The fourth-order valence-electron chi connectivity index (χ4n) is 2.91. The van der Waals surface area contributed by atoms with E-state index in [2.05, 4.69) is 5.32 Å². The minimum Gasteiger partial charge on any atom is -0.457 e. The predicted octanol–water partition coefficient (Wildman–Crippen LogP) is 3.37. The maximum atomic E-state index is 12.4. The van der Waals surface area contributed by atoms with Crippen molar-refractivity contribution in [2.24, 2.45) is 0 Å². The summed E-state index contributed by atoms with van der Waals surface area (Å²) in [5.74, 6) is -1.34. The first-order valence-corrected chi connectivity index (χ1v) is 9.40. The summed E-state index contributed by atoms with van der Waals surface area (Å²) in [4.78, 5) is 46.4. The second kappa shape index (κ2) is 9.78. The van der Waals surface area contributed by atoms with Crippen molar-refractivity contribution in [3.63, 3.8) is 0 Å². The zero-order chi connectivity index (χ0) is 22.4. The number of ketones is 1. The summed E-state index contributed by atoms with van der Waals surface area (Å²) in [6, 6.07) is 6.92. The number of nitrogens with one attached hydrogen (secondary N) is 1. The number of amides is 1. The van der Waals surface area contributed by atoms with E-state index in [1.807, 2.05) is 27.7 Å². The van der Waals surface area contributed by atoms with Crippen LogP contribution in [0.5, 0.6) is 0 Å². The van der Waals surface area contributed by atoms with E-state index < -0.39 is 16.8 Å². The van der Waals surface area contributed by atoms with E-state index in [0.29, 0.717) is 5.56 Å². The summed E-state index contributed by atoms with van der Waals surface area (Å²) in [7, 11) is 0. The van der Waals surface area contributed by atoms with Gasteiger partial charge >= 0.3 is 5.97 Å². The van der Waals surface area contributed by atoms with E-state index in [-0.39, 0.29) is 36.6 Å². The zero-order valence-corrected chi connectivity index (χ0v) is 17.4. The lowest BCUT2D eigenvalue weighted by Crippen LogP contribution is -2.27. The Balaban J connectivity index is 1.82. The van der Waals surface area contributed by atoms with Gasteiger partial charge in [-0.3, -0.25) is 24.5 Å². The maximum absolute atomic E-state index is 12.4. The topological polar surface area (TPSA) is 116 Å². The fraction of sp³-hybridized carbons (Fsp3) is 0.318. The van der Waals surface area contributed by atoms with Gasteiger partial charge in [-0.15, -0.1) is 0 Å². The van der Waals surface area contributed by atoms with Crippen molar-refractivity contribution in [1.29, 1.82) is 0 Å². The third-order valence-electron chi connectivity index (χ3n) is 5.10. The van der Waals surface area contributed by atoms with Gasteiger partial charge in [-0.2, -0.15) is 0 Å². The molecule has 2 aromatic rings. The summed E-state index contributed by atoms with van der Waals surface area (Å²) in [5.41, 5.74) is 4.70. The molecule has 0 unspecified atom stereocenters. The van der Waals surface area contributed by atoms with Crippen LogP contribution in [0.25, 0.3) is 0 Å². The molecule has 8 heteroatoms. The summed E-state index contributed by atoms with van der Waals surface area (Å²) in [6.07, 6.45) is -0.100. The number of hydrogen-bond donors (Lipinski definition) is 1. The molecule has 0 aliphatic heterocycles. The van der Waals surface area contributed by atoms with Gasteiger partial charge in [0.2, 0.25) is 5.78 Å². The highest BCUT2D eigenvalue weighted by atomic mass is 16.6. The van der Waals surface area contributed by atoms with Crippen molar-refractivity contribution in [1.82, 2.24) is 5.32 Å². The summed E-state index contributed by atoms with van der Waals surface area (Å²) >= 11 is 0. The monoisotopic (exact) mass is 412 g/mol. The third kappa shape index (κ3) is 5.50. The van der Waals surface area contributed by atoms with Crippen LogP contribution < -0.4 is 5.32 Å². The molecule has 0 atom stereocenters. The van der Waals surface area contributed by atoms with Crippen LogP contribution in [0.4, 0.5) is 5.69 Å². The molecule has 0 saturated carbocycles. The van der Waals surface area contributed by atoms with E-state index >= 15 is 0 Å². The molecule has 0 bridgehead atoms. The van der Waals surface area contributed by atoms with Crippen LogP contribution in [0.1, 0.15) is 49.4 Å². The van der Waals surface area contributed by atoms with Crippen LogP contribution in [0, 0.1) is 37.8 Å². The first-order chi connectivity index (χ1) is 14.1. The van der Waals surface area contributed by atoms with E-state index in [4.69, 9.17) is 4.74 Å². The summed E-state index contributed by atoms with van der Waals surface area (Å²) in [5, 5.41) is 13.2. The Morgan fingerprint density at radius 2 is 1.63 bits per heavy atom. The molecule has 0 heterocycles. The van der Waals surface area contributed by atoms with Crippen molar-refractivity contribution >= 4 is 23.3 Å². The largest absolute Gasteiger partial charge is 0.457 e. The van der Waals surface area contributed by atoms with Crippen molar-refractivity contribution in [3.05, 3.63) is 73.8 Å². The second-order valence-electron chi connectivity index (χ2n) is 7.01. The number of esters is 1. The van der Waals surface area contributed by atoms with Crippen LogP contribution in [-0.4, -0.2) is 35.7 Å². The number of benzene rings is 2. The molecular weight excluding hydrogens is 388 g/mol. The average molecular weight is 412 g/mol. The molecule has 0 aromatic heterocycles. The molecule has 0 aliphatic carbocycles. The van der Waals surface area contributed by atoms with Gasteiger partial charge in [0.25, 0.3) is 11.6 Å². The number of nitro groups is 1. The first kappa shape index (κ1) is 22.7. The molecule has 0 aliphatic rings. The van der Waals surface area contributed by atoms with Crippen molar-refractivity contribution < 1.29 is 24.0 Å². The van der Waals surface area contributed by atoms with Crippen molar-refractivity contribution in [2.75, 3.05) is 13.2 Å². The maximum Gasteiger partial charge on any atom is 0.308 e. The molecule has 0 spiro atoms. The molecule has 8 nitrogen and oxygen atoms in total. The number of hydrogen-bond acceptors (Lipinski definition) is 6. The van der Waals surface area contributed by atoms with Gasteiger partial charge in [0.1, 0.15) is 0 Å². The molecule has 2 aromatic carbocycles. The van der Waals surface area contributed by atoms with Crippen molar-refractivity contribution in [2.45, 2.75) is 34.1 Å². The molecule has 0 saturated heterocycles. The van der Waals surface area contributed by atoms with Crippen LogP contribution in [0.15, 0.2) is 30.3 Å². The number of aryl methyl sites for hydroxylation is 1. The van der Waals surface area contributed by atoms with E-state index in [1.54, 1.807) is 6.07 Å². The Labute approximate surface area is 174 Å². The smallest absolute Gasteiger partial charge is 0.308 e. The van der Waals surface area contributed by atoms with Gasteiger partial charge in [-0.1, -0.05) is 0 Å². The lowest BCUT2D eigenvalue weighted by Gasteiger charge is -2.13. The van der Waals surface area contributed by atoms with Crippen LogP contribution in [-0.2, 0) is 9.53 Å². The minimum atomic E-state index is -0.606. The lowest BCUT2D eigenvalue weighted by atomic mass is 9.93. The Bertz CT molecular complexity index is 996. The number of ether oxygens (including phenoxy) is 1. The lowest BCUT2D eigenvalue weighted by molar-refractivity contribution is -0.384. The molecule has 0 radical (unpaired) electrons. The minimum absolute atomic E-state index is 0.0185. The van der Waals surface area contributed by atoms with Gasteiger partial charge in [0.15, 0.2) is 6.61 Å². The van der Waals surface area contributed by atoms with Gasteiger partial charge < -0.3 is 10.1 Å². The van der Waals surface area contributed by atoms with Gasteiger partial charge in [0.05, 0.1) is 11.3 Å². The van der Waals surface area contributed by atoms with Gasteiger partial charge in [0, 0.05) is 29.8 Å². The summed E-state index contributed by atoms with van der Waals surface area (Å²) in [6.45, 7) is 7.40. The number of non-ortho nitro benzene ring substituents is 1. The highest BCUT2D eigenvalue weighted by Crippen LogP contribution is 2.21. The number of rotatable bonds is 8. The highest BCUT2D eigenvalue weighted by molar-refractivity contribution is 6.00. The van der Waals surface area contributed by atoms with Crippen LogP contribution in [0.2, 0.25) is 0 Å². The van der Waals surface area contributed by atoms with Crippen LogP contribution >= 0.6 is 0 Å². The van der Waals surface area contributed by atoms with E-state index in [1.165, 1.54) is 24.3 Å². The first-order valence-electron chi connectivity index (χ1n) is 9.40. The number of nitrogens with zero attached hydrogens (tertiary/aromatic N) is 1. The average Bonchev–Trinajstić information content (AvgIpc) is 2.73. The molecule has 158 valence electrons. The number of carbonyl (C=O) groups is 3.